The van der Waals surface area contributed by atoms with E-state index in [1.165, 1.54) is 93.0 Å². The van der Waals surface area contributed by atoms with Crippen LogP contribution in [-0.4, -0.2) is 31.6 Å². The summed E-state index contributed by atoms with van der Waals surface area (Å²) in [6.07, 6.45) is 29.4. The SMILES string of the molecule is C=CC(CCC)(CCC)C1CCCCC1.C=CC1=CC(=C)c2cccc(OC)c2C1.CC.CC.CC.CCCCNC1=CCC(Cl)C=C1.CNC(C)(C)C. The lowest BCUT2D eigenvalue weighted by Crippen LogP contribution is -2.31. The van der Waals surface area contributed by atoms with Crippen molar-refractivity contribution in [2.75, 3.05) is 20.7 Å². The Hall–Kier alpha value is -2.49. The Kier molecular flexibility index (Phi) is 36.2. The van der Waals surface area contributed by atoms with Gasteiger partial charge >= 0.3 is 0 Å². The predicted octanol–water partition coefficient (Wildman–Crippen LogP) is 15.6. The zero-order valence-corrected chi connectivity index (χ0v) is 38.9. The molecule has 4 rings (SSSR count). The van der Waals surface area contributed by atoms with Gasteiger partial charge in [0.15, 0.2) is 0 Å². The first-order valence-corrected chi connectivity index (χ1v) is 22.1. The maximum atomic E-state index is 5.88. The summed E-state index contributed by atoms with van der Waals surface area (Å²) in [5.41, 5.74) is 6.61. The fourth-order valence-corrected chi connectivity index (χ4v) is 6.74. The monoisotopic (exact) mass is 769 g/mol. The van der Waals surface area contributed by atoms with Crippen molar-refractivity contribution in [3.05, 3.63) is 96.8 Å². The molecule has 54 heavy (non-hydrogen) atoms. The van der Waals surface area contributed by atoms with Gasteiger partial charge in [-0.15, -0.1) is 18.2 Å². The zero-order chi connectivity index (χ0) is 42.0. The average molecular weight is 770 g/mol. The van der Waals surface area contributed by atoms with Crippen molar-refractivity contribution in [1.82, 2.24) is 10.6 Å². The minimum absolute atomic E-state index is 0.196. The smallest absolute Gasteiger partial charge is 0.123 e. The Bertz CT molecular complexity index is 1170. The van der Waals surface area contributed by atoms with Crippen molar-refractivity contribution >= 4 is 17.2 Å². The lowest BCUT2D eigenvalue weighted by Gasteiger charge is -2.41. The number of halogens is 1. The Labute approximate surface area is 343 Å². The molecule has 1 fully saturated rings. The molecule has 3 nitrogen and oxygen atoms in total. The Morgan fingerprint density at radius 3 is 1.91 bits per heavy atom. The van der Waals surface area contributed by atoms with Gasteiger partial charge in [0.25, 0.3) is 0 Å². The molecule has 0 aliphatic heterocycles. The molecule has 1 saturated carbocycles. The van der Waals surface area contributed by atoms with Gasteiger partial charge < -0.3 is 15.4 Å². The van der Waals surface area contributed by atoms with E-state index in [1.54, 1.807) is 7.11 Å². The molecule has 0 radical (unpaired) electrons. The summed E-state index contributed by atoms with van der Waals surface area (Å²) >= 11 is 5.88. The van der Waals surface area contributed by atoms with Gasteiger partial charge in [-0.25, -0.2) is 0 Å². The van der Waals surface area contributed by atoms with E-state index in [1.807, 2.05) is 72.9 Å². The number of allylic oxidation sites excluding steroid dienone is 8. The maximum Gasteiger partial charge on any atom is 0.123 e. The van der Waals surface area contributed by atoms with Crippen LogP contribution in [0.1, 0.15) is 171 Å². The standard InChI is InChI=1S/C15H28.C14H14O.C10H16ClN.C5H13N.3C2H6/c1-4-12-15(6-3,13-5-2)14-10-8-7-9-11-14;1-4-11-8-10(2)12-6-5-7-14(15-3)13(12)9-11;1-2-3-8-12-10-6-4-9(11)5-7-10;1-5(2,3)6-4;3*1-2/h6,14H,3-5,7-13H2,1-2H3;4-8H,1-2,9H2,3H3;4,6-7,9,12H,2-3,5,8H2,1H3;6H,1-4H3;3*1-2H3. The van der Waals surface area contributed by atoms with E-state index < -0.39 is 0 Å². The minimum Gasteiger partial charge on any atom is -0.496 e. The average Bonchev–Trinajstić information content (AvgIpc) is 3.21. The molecule has 0 spiro atoms. The fraction of sp³-hybridized carbons (Fsp3) is 0.640. The second-order valence-electron chi connectivity index (χ2n) is 14.4. The molecule has 3 aliphatic carbocycles. The van der Waals surface area contributed by atoms with Crippen molar-refractivity contribution in [3.8, 4) is 5.75 Å². The van der Waals surface area contributed by atoms with Gasteiger partial charge in [-0.05, 0) is 107 Å². The molecule has 1 atom stereocenters. The number of alkyl halides is 1. The highest BCUT2D eigenvalue weighted by Crippen LogP contribution is 2.46. The number of benzene rings is 1. The maximum absolute atomic E-state index is 5.88. The van der Waals surface area contributed by atoms with E-state index in [2.05, 4.69) is 102 Å². The molecule has 0 saturated heterocycles. The van der Waals surface area contributed by atoms with E-state index in [0.717, 1.165) is 36.6 Å². The number of rotatable bonds is 12. The van der Waals surface area contributed by atoms with E-state index in [0.29, 0.717) is 11.0 Å². The quantitative estimate of drug-likeness (QED) is 0.126. The van der Waals surface area contributed by atoms with Crippen LogP contribution in [0.15, 0.2) is 85.7 Å². The lowest BCUT2D eigenvalue weighted by atomic mass is 9.64. The molecular weight excluding hydrogens is 680 g/mol. The van der Waals surface area contributed by atoms with Gasteiger partial charge in [0.05, 0.1) is 12.5 Å². The minimum atomic E-state index is 0.196. The number of methoxy groups -OCH3 is 1. The second-order valence-corrected chi connectivity index (χ2v) is 15.0. The van der Waals surface area contributed by atoms with Crippen LogP contribution < -0.4 is 15.4 Å². The first-order chi connectivity index (χ1) is 25.9. The van der Waals surface area contributed by atoms with E-state index >= 15 is 0 Å². The Morgan fingerprint density at radius 2 is 1.48 bits per heavy atom. The summed E-state index contributed by atoms with van der Waals surface area (Å²) in [6, 6.07) is 6.06. The van der Waals surface area contributed by atoms with Crippen LogP contribution in [0.25, 0.3) is 5.57 Å². The van der Waals surface area contributed by atoms with Crippen molar-refractivity contribution in [2.45, 2.75) is 177 Å². The van der Waals surface area contributed by atoms with Crippen molar-refractivity contribution in [2.24, 2.45) is 11.3 Å². The summed E-state index contributed by atoms with van der Waals surface area (Å²) in [6.45, 7) is 38.3. The molecule has 1 unspecified atom stereocenters. The highest BCUT2D eigenvalue weighted by Gasteiger charge is 2.34. The van der Waals surface area contributed by atoms with Gasteiger partial charge in [0.2, 0.25) is 0 Å². The number of hydrogen-bond donors (Lipinski definition) is 2. The van der Waals surface area contributed by atoms with Crippen LogP contribution in [-0.2, 0) is 6.42 Å². The topological polar surface area (TPSA) is 33.3 Å². The molecular formula is C50H89ClN2O. The Morgan fingerprint density at radius 1 is 0.907 bits per heavy atom. The molecule has 1 aromatic carbocycles. The van der Waals surface area contributed by atoms with Crippen LogP contribution in [0, 0.1) is 11.3 Å². The van der Waals surface area contributed by atoms with Gasteiger partial charge in [0.1, 0.15) is 5.75 Å². The highest BCUT2D eigenvalue weighted by molar-refractivity contribution is 6.22. The second kappa shape index (κ2) is 35.0. The van der Waals surface area contributed by atoms with Crippen LogP contribution >= 0.6 is 11.6 Å². The number of fused-ring (bicyclic) bond motifs is 1. The molecule has 1 aromatic rings. The van der Waals surface area contributed by atoms with E-state index in [9.17, 15) is 0 Å². The van der Waals surface area contributed by atoms with Gasteiger partial charge in [-0.1, -0.05) is 157 Å². The molecule has 312 valence electrons. The predicted molar refractivity (Wildman–Crippen MR) is 250 cm³/mol. The molecule has 0 bridgehead atoms. The van der Waals surface area contributed by atoms with Crippen LogP contribution in [0.3, 0.4) is 0 Å². The largest absolute Gasteiger partial charge is 0.496 e. The highest BCUT2D eigenvalue weighted by atomic mass is 35.5. The third-order valence-corrected chi connectivity index (χ3v) is 9.94. The Balaban J connectivity index is -0.000000634. The molecule has 0 aromatic heterocycles. The fourth-order valence-electron chi connectivity index (χ4n) is 6.58. The van der Waals surface area contributed by atoms with Gasteiger partial charge in [0, 0.05) is 29.8 Å². The lowest BCUT2D eigenvalue weighted by molar-refractivity contribution is 0.143. The molecule has 0 heterocycles. The summed E-state index contributed by atoms with van der Waals surface area (Å²) in [4.78, 5) is 0. The van der Waals surface area contributed by atoms with Gasteiger partial charge in [-0.2, -0.15) is 0 Å². The van der Waals surface area contributed by atoms with Crippen LogP contribution in [0.4, 0.5) is 0 Å². The third-order valence-electron chi connectivity index (χ3n) is 9.61. The number of hydrogen-bond acceptors (Lipinski definition) is 3. The van der Waals surface area contributed by atoms with Crippen LogP contribution in [0.5, 0.6) is 5.75 Å². The summed E-state index contributed by atoms with van der Waals surface area (Å²) < 4.78 is 5.35. The van der Waals surface area contributed by atoms with Crippen LogP contribution in [0.2, 0.25) is 0 Å². The first kappa shape index (κ1) is 55.8. The third kappa shape index (κ3) is 23.4. The normalized spacial score (nSPS) is 15.8. The summed E-state index contributed by atoms with van der Waals surface area (Å²) in [5, 5.41) is 6.66. The van der Waals surface area contributed by atoms with Crippen molar-refractivity contribution in [3.63, 3.8) is 0 Å². The number of nitrogens with one attached hydrogen (secondary N) is 2. The number of unbranched alkanes of at least 4 members (excludes halogenated alkanes) is 1. The van der Waals surface area contributed by atoms with E-state index in [4.69, 9.17) is 16.3 Å². The van der Waals surface area contributed by atoms with Crippen molar-refractivity contribution < 1.29 is 4.74 Å². The zero-order valence-electron chi connectivity index (χ0n) is 38.2. The van der Waals surface area contributed by atoms with E-state index in [-0.39, 0.29) is 5.38 Å². The van der Waals surface area contributed by atoms with Crippen molar-refractivity contribution in [1.29, 1.82) is 0 Å². The summed E-state index contributed by atoms with van der Waals surface area (Å²) in [7, 11) is 3.66. The number of ether oxygens (including phenoxy) is 1. The molecule has 4 heteroatoms. The molecule has 2 N–H and O–H groups in total. The summed E-state index contributed by atoms with van der Waals surface area (Å²) in [5.74, 6) is 1.87. The molecule has 3 aliphatic rings. The first-order valence-electron chi connectivity index (χ1n) is 21.7. The molecule has 0 amide bonds. The van der Waals surface area contributed by atoms with Gasteiger partial charge in [-0.3, -0.25) is 0 Å².